The summed E-state index contributed by atoms with van der Waals surface area (Å²) in [4.78, 5) is 16.8. The summed E-state index contributed by atoms with van der Waals surface area (Å²) >= 11 is 0. The van der Waals surface area contributed by atoms with Crippen LogP contribution in [0, 0.1) is 19.8 Å². The first-order valence-corrected chi connectivity index (χ1v) is 11.4. The van der Waals surface area contributed by atoms with E-state index in [9.17, 15) is 4.79 Å². The molecular formula is C27H31NO4. The van der Waals surface area contributed by atoms with E-state index < -0.39 is 0 Å². The number of nitrogens with zero attached hydrogens (tertiary/aromatic N) is 1. The predicted molar refractivity (Wildman–Crippen MR) is 124 cm³/mol. The minimum Gasteiger partial charge on any atom is -0.493 e. The van der Waals surface area contributed by atoms with Crippen molar-refractivity contribution in [3.63, 3.8) is 0 Å². The SMILES string of the molecule is CCC(C(=O)OC)C1CCc2cc(OCCc3nc(-c4ccc(C)cc4)oc3C)ccc21. The second kappa shape index (κ2) is 9.60. The van der Waals surface area contributed by atoms with Gasteiger partial charge < -0.3 is 13.9 Å². The van der Waals surface area contributed by atoms with Gasteiger partial charge in [-0.15, -0.1) is 0 Å². The maximum absolute atomic E-state index is 12.2. The highest BCUT2D eigenvalue weighted by molar-refractivity contribution is 5.74. The van der Waals surface area contributed by atoms with Crippen LogP contribution in [0.5, 0.6) is 5.75 Å². The zero-order valence-electron chi connectivity index (χ0n) is 19.3. The number of aromatic nitrogens is 1. The average molecular weight is 434 g/mol. The van der Waals surface area contributed by atoms with Gasteiger partial charge in [0.05, 0.1) is 25.3 Å². The zero-order valence-corrected chi connectivity index (χ0v) is 19.3. The number of methoxy groups -OCH3 is 1. The van der Waals surface area contributed by atoms with Crippen LogP contribution in [0.3, 0.4) is 0 Å². The van der Waals surface area contributed by atoms with Gasteiger partial charge in [-0.25, -0.2) is 4.98 Å². The lowest BCUT2D eigenvalue weighted by molar-refractivity contribution is -0.146. The van der Waals surface area contributed by atoms with Crippen molar-refractivity contribution < 1.29 is 18.7 Å². The van der Waals surface area contributed by atoms with Crippen LogP contribution in [0.1, 0.15) is 53.8 Å². The minimum absolute atomic E-state index is 0.0779. The lowest BCUT2D eigenvalue weighted by Crippen LogP contribution is -2.21. The van der Waals surface area contributed by atoms with Crippen molar-refractivity contribution in [1.82, 2.24) is 4.98 Å². The van der Waals surface area contributed by atoms with Crippen LogP contribution in [0.2, 0.25) is 0 Å². The third-order valence-electron chi connectivity index (χ3n) is 6.47. The molecule has 0 aliphatic heterocycles. The summed E-state index contributed by atoms with van der Waals surface area (Å²) in [6.45, 7) is 6.59. The normalized spacial score (nSPS) is 15.9. The molecule has 0 saturated carbocycles. The van der Waals surface area contributed by atoms with E-state index in [0.717, 1.165) is 42.0 Å². The number of fused-ring (bicyclic) bond motifs is 1. The number of benzene rings is 2. The molecule has 0 saturated heterocycles. The topological polar surface area (TPSA) is 61.6 Å². The average Bonchev–Trinajstić information content (AvgIpc) is 3.38. The maximum Gasteiger partial charge on any atom is 0.309 e. The molecule has 32 heavy (non-hydrogen) atoms. The lowest BCUT2D eigenvalue weighted by atomic mass is 9.85. The van der Waals surface area contributed by atoms with Gasteiger partial charge in [-0.1, -0.05) is 30.7 Å². The summed E-state index contributed by atoms with van der Waals surface area (Å²) in [5.74, 6) is 2.38. The summed E-state index contributed by atoms with van der Waals surface area (Å²) in [6, 6.07) is 14.4. The van der Waals surface area contributed by atoms with E-state index in [-0.39, 0.29) is 17.8 Å². The fourth-order valence-corrected chi connectivity index (χ4v) is 4.65. The Hall–Kier alpha value is -3.08. The summed E-state index contributed by atoms with van der Waals surface area (Å²) < 4.78 is 16.9. The molecule has 4 rings (SSSR count). The van der Waals surface area contributed by atoms with Gasteiger partial charge in [-0.05, 0) is 74.4 Å². The predicted octanol–water partition coefficient (Wildman–Crippen LogP) is 5.81. The molecule has 1 aromatic heterocycles. The highest BCUT2D eigenvalue weighted by Crippen LogP contribution is 2.41. The number of carbonyl (C=O) groups excluding carboxylic acids is 1. The van der Waals surface area contributed by atoms with Crippen LogP contribution in [-0.4, -0.2) is 24.7 Å². The number of oxazole rings is 1. The fourth-order valence-electron chi connectivity index (χ4n) is 4.65. The van der Waals surface area contributed by atoms with E-state index in [1.165, 1.54) is 23.8 Å². The Labute approximate surface area is 189 Å². The molecule has 0 amide bonds. The van der Waals surface area contributed by atoms with Gasteiger partial charge in [0.2, 0.25) is 5.89 Å². The molecule has 1 aliphatic rings. The number of hydrogen-bond donors (Lipinski definition) is 0. The third-order valence-corrected chi connectivity index (χ3v) is 6.47. The van der Waals surface area contributed by atoms with Gasteiger partial charge in [-0.3, -0.25) is 4.79 Å². The van der Waals surface area contributed by atoms with Crippen LogP contribution < -0.4 is 4.74 Å². The summed E-state index contributed by atoms with van der Waals surface area (Å²) in [6.07, 6.45) is 3.41. The fraction of sp³-hybridized carbons (Fsp3) is 0.407. The molecule has 5 heteroatoms. The summed E-state index contributed by atoms with van der Waals surface area (Å²) in [5.41, 5.74) is 5.64. The van der Waals surface area contributed by atoms with Crippen molar-refractivity contribution in [1.29, 1.82) is 0 Å². The number of esters is 1. The summed E-state index contributed by atoms with van der Waals surface area (Å²) in [5, 5.41) is 0. The van der Waals surface area contributed by atoms with Crippen LogP contribution >= 0.6 is 0 Å². The van der Waals surface area contributed by atoms with Crippen molar-refractivity contribution in [3.05, 3.63) is 70.6 Å². The van der Waals surface area contributed by atoms with Gasteiger partial charge in [0.15, 0.2) is 0 Å². The van der Waals surface area contributed by atoms with Gasteiger partial charge in [0.1, 0.15) is 11.5 Å². The Bertz CT molecular complexity index is 1080. The number of hydrogen-bond acceptors (Lipinski definition) is 5. The molecule has 5 nitrogen and oxygen atoms in total. The molecule has 0 spiro atoms. The van der Waals surface area contributed by atoms with Crippen molar-refractivity contribution in [2.24, 2.45) is 5.92 Å². The van der Waals surface area contributed by atoms with E-state index in [0.29, 0.717) is 18.9 Å². The maximum atomic E-state index is 12.2. The van der Waals surface area contributed by atoms with Gasteiger partial charge in [0.25, 0.3) is 0 Å². The highest BCUT2D eigenvalue weighted by Gasteiger charge is 2.33. The number of aryl methyl sites for hydroxylation is 3. The molecule has 0 radical (unpaired) electrons. The van der Waals surface area contributed by atoms with Crippen molar-refractivity contribution in [2.45, 2.75) is 52.4 Å². The number of carbonyl (C=O) groups is 1. The number of rotatable bonds is 8. The van der Waals surface area contributed by atoms with E-state index in [1.807, 2.05) is 32.0 Å². The van der Waals surface area contributed by atoms with Crippen LogP contribution in [-0.2, 0) is 22.4 Å². The first kappa shape index (κ1) is 22.1. The molecular weight excluding hydrogens is 402 g/mol. The largest absolute Gasteiger partial charge is 0.493 e. The van der Waals surface area contributed by atoms with Crippen LogP contribution in [0.15, 0.2) is 46.9 Å². The molecule has 1 aliphatic carbocycles. The highest BCUT2D eigenvalue weighted by atomic mass is 16.5. The molecule has 2 atom stereocenters. The molecule has 2 aromatic carbocycles. The molecule has 168 valence electrons. The van der Waals surface area contributed by atoms with E-state index in [2.05, 4.69) is 36.2 Å². The molecule has 2 unspecified atom stereocenters. The van der Waals surface area contributed by atoms with Crippen molar-refractivity contribution in [2.75, 3.05) is 13.7 Å². The van der Waals surface area contributed by atoms with E-state index >= 15 is 0 Å². The van der Waals surface area contributed by atoms with Crippen LogP contribution in [0.4, 0.5) is 0 Å². The standard InChI is InChI=1S/C27H31NO4/c1-5-22(27(29)30-4)24-12-10-20-16-21(11-13-23(20)24)31-15-14-25-18(3)32-26(28-25)19-8-6-17(2)7-9-19/h6-9,11,13,16,22,24H,5,10,12,14-15H2,1-4H3. The van der Waals surface area contributed by atoms with Crippen LogP contribution in [0.25, 0.3) is 11.5 Å². The van der Waals surface area contributed by atoms with Gasteiger partial charge in [0, 0.05) is 12.0 Å². The number of ether oxygens (including phenoxy) is 2. The second-order valence-electron chi connectivity index (χ2n) is 8.53. The Balaban J connectivity index is 1.38. The monoisotopic (exact) mass is 433 g/mol. The lowest BCUT2D eigenvalue weighted by Gasteiger charge is -2.20. The Morgan fingerprint density at radius 3 is 2.69 bits per heavy atom. The Morgan fingerprint density at radius 1 is 1.19 bits per heavy atom. The van der Waals surface area contributed by atoms with Crippen molar-refractivity contribution >= 4 is 5.97 Å². The Kier molecular flexibility index (Phi) is 6.63. The quantitative estimate of drug-likeness (QED) is 0.420. The van der Waals surface area contributed by atoms with Crippen molar-refractivity contribution in [3.8, 4) is 17.2 Å². The third kappa shape index (κ3) is 4.57. The Morgan fingerprint density at radius 2 is 1.97 bits per heavy atom. The molecule has 0 bridgehead atoms. The van der Waals surface area contributed by atoms with E-state index in [4.69, 9.17) is 13.9 Å². The first-order valence-electron chi connectivity index (χ1n) is 11.4. The molecule has 0 N–H and O–H groups in total. The summed E-state index contributed by atoms with van der Waals surface area (Å²) in [7, 11) is 1.47. The molecule has 1 heterocycles. The van der Waals surface area contributed by atoms with Gasteiger partial charge >= 0.3 is 5.97 Å². The zero-order chi connectivity index (χ0) is 22.7. The first-order chi connectivity index (χ1) is 15.5. The molecule has 3 aromatic rings. The second-order valence-corrected chi connectivity index (χ2v) is 8.53. The van der Waals surface area contributed by atoms with Gasteiger partial charge in [-0.2, -0.15) is 0 Å². The molecule has 0 fully saturated rings. The van der Waals surface area contributed by atoms with E-state index in [1.54, 1.807) is 0 Å². The smallest absolute Gasteiger partial charge is 0.309 e. The minimum atomic E-state index is -0.112.